The van der Waals surface area contributed by atoms with Gasteiger partial charge in [0.2, 0.25) is 0 Å². The second-order valence-electron chi connectivity index (χ2n) is 4.31. The molecule has 2 heterocycles. The molecule has 3 aromatic rings. The molecule has 19 heavy (non-hydrogen) atoms. The summed E-state index contributed by atoms with van der Waals surface area (Å²) in [5.41, 5.74) is 8.31. The molecule has 2 N–H and O–H groups in total. The summed E-state index contributed by atoms with van der Waals surface area (Å²) in [6.07, 6.45) is 3.51. The second-order valence-corrected chi connectivity index (χ2v) is 4.31. The highest BCUT2D eigenvalue weighted by Crippen LogP contribution is 2.18. The van der Waals surface area contributed by atoms with Gasteiger partial charge < -0.3 is 15.0 Å². The highest BCUT2D eigenvalue weighted by molar-refractivity contribution is 5.74. The lowest BCUT2D eigenvalue weighted by atomic mass is 10.3. The number of anilines is 1. The van der Waals surface area contributed by atoms with Crippen molar-refractivity contribution < 1.29 is 4.74 Å². The highest BCUT2D eigenvalue weighted by atomic mass is 16.5. The summed E-state index contributed by atoms with van der Waals surface area (Å²) in [5.74, 6) is 1.59. The molecule has 1 aromatic carbocycles. The number of hydrogen-bond acceptors (Lipinski definition) is 4. The summed E-state index contributed by atoms with van der Waals surface area (Å²) in [4.78, 5) is 8.56. The van der Waals surface area contributed by atoms with Crippen molar-refractivity contribution in [2.24, 2.45) is 7.05 Å². The number of rotatable bonds is 3. The van der Waals surface area contributed by atoms with E-state index < -0.39 is 0 Å². The second kappa shape index (κ2) is 4.61. The first-order chi connectivity index (χ1) is 9.24. The zero-order valence-electron chi connectivity index (χ0n) is 10.6. The van der Waals surface area contributed by atoms with E-state index in [1.807, 2.05) is 35.9 Å². The Morgan fingerprint density at radius 3 is 3.00 bits per heavy atom. The quantitative estimate of drug-likeness (QED) is 0.727. The molecular weight excluding hydrogens is 240 g/mol. The first-order valence-electron chi connectivity index (χ1n) is 5.98. The molecule has 0 saturated heterocycles. The first kappa shape index (κ1) is 11.5. The molecule has 5 heteroatoms. The van der Waals surface area contributed by atoms with E-state index in [2.05, 4.69) is 9.97 Å². The average molecular weight is 254 g/mol. The Kier molecular flexibility index (Phi) is 2.79. The maximum Gasteiger partial charge on any atom is 0.147 e. The van der Waals surface area contributed by atoms with Crippen molar-refractivity contribution in [3.05, 3.63) is 48.5 Å². The van der Waals surface area contributed by atoms with Crippen LogP contribution in [0.3, 0.4) is 0 Å². The van der Waals surface area contributed by atoms with Crippen LogP contribution in [0.5, 0.6) is 5.75 Å². The third-order valence-electron chi connectivity index (χ3n) is 3.00. The Labute approximate surface area is 110 Å². The van der Waals surface area contributed by atoms with Crippen molar-refractivity contribution in [3.63, 3.8) is 0 Å². The van der Waals surface area contributed by atoms with Gasteiger partial charge in [-0.3, -0.25) is 4.98 Å². The van der Waals surface area contributed by atoms with Crippen LogP contribution in [-0.2, 0) is 13.7 Å². The van der Waals surface area contributed by atoms with Gasteiger partial charge in [0.15, 0.2) is 0 Å². The monoisotopic (exact) mass is 254 g/mol. The van der Waals surface area contributed by atoms with E-state index in [-0.39, 0.29) is 0 Å². The molecule has 0 aliphatic carbocycles. The van der Waals surface area contributed by atoms with Crippen LogP contribution in [-0.4, -0.2) is 14.5 Å². The van der Waals surface area contributed by atoms with E-state index >= 15 is 0 Å². The largest absolute Gasteiger partial charge is 0.486 e. The van der Waals surface area contributed by atoms with Gasteiger partial charge in [0.25, 0.3) is 0 Å². The van der Waals surface area contributed by atoms with Crippen LogP contribution in [0.25, 0.3) is 11.0 Å². The van der Waals surface area contributed by atoms with Gasteiger partial charge in [0, 0.05) is 25.0 Å². The van der Waals surface area contributed by atoms with Gasteiger partial charge in [-0.05, 0) is 18.2 Å². The molecule has 96 valence electrons. The van der Waals surface area contributed by atoms with Gasteiger partial charge >= 0.3 is 0 Å². The third-order valence-corrected chi connectivity index (χ3v) is 3.00. The van der Waals surface area contributed by atoms with E-state index in [4.69, 9.17) is 10.5 Å². The summed E-state index contributed by atoms with van der Waals surface area (Å²) in [6.45, 7) is 0.397. The minimum atomic E-state index is 0.397. The van der Waals surface area contributed by atoms with E-state index in [1.165, 1.54) is 0 Å². The average Bonchev–Trinajstić information content (AvgIpc) is 2.74. The van der Waals surface area contributed by atoms with Gasteiger partial charge in [-0.15, -0.1) is 0 Å². The minimum absolute atomic E-state index is 0.397. The molecular formula is C14H14N4O. The van der Waals surface area contributed by atoms with E-state index in [0.717, 1.165) is 22.6 Å². The van der Waals surface area contributed by atoms with E-state index in [9.17, 15) is 0 Å². The number of fused-ring (bicyclic) bond motifs is 1. The SMILES string of the molecule is Cn1c(COc2cccc(N)c2)nc2cnccc21. The predicted molar refractivity (Wildman–Crippen MR) is 73.7 cm³/mol. The summed E-state index contributed by atoms with van der Waals surface area (Å²) in [7, 11) is 1.97. The Morgan fingerprint density at radius 1 is 1.32 bits per heavy atom. The van der Waals surface area contributed by atoms with Crippen molar-refractivity contribution in [3.8, 4) is 5.75 Å². The smallest absolute Gasteiger partial charge is 0.147 e. The van der Waals surface area contributed by atoms with E-state index in [0.29, 0.717) is 12.3 Å². The molecule has 0 unspecified atom stereocenters. The van der Waals surface area contributed by atoms with Crippen LogP contribution in [0.1, 0.15) is 5.82 Å². The molecule has 0 aliphatic rings. The zero-order valence-corrected chi connectivity index (χ0v) is 10.6. The van der Waals surface area contributed by atoms with Crippen molar-refractivity contribution in [2.75, 3.05) is 5.73 Å². The van der Waals surface area contributed by atoms with Gasteiger partial charge in [-0.25, -0.2) is 4.98 Å². The molecule has 0 bridgehead atoms. The topological polar surface area (TPSA) is 66.0 Å². The van der Waals surface area contributed by atoms with Crippen molar-refractivity contribution in [1.29, 1.82) is 0 Å². The lowest BCUT2D eigenvalue weighted by Gasteiger charge is -2.06. The minimum Gasteiger partial charge on any atom is -0.486 e. The Morgan fingerprint density at radius 2 is 2.21 bits per heavy atom. The lowest BCUT2D eigenvalue weighted by molar-refractivity contribution is 0.292. The molecule has 0 amide bonds. The molecule has 2 aromatic heterocycles. The van der Waals surface area contributed by atoms with Crippen LogP contribution in [0.15, 0.2) is 42.7 Å². The van der Waals surface area contributed by atoms with Gasteiger partial charge in [0.05, 0.1) is 11.7 Å². The summed E-state index contributed by atoms with van der Waals surface area (Å²) >= 11 is 0. The standard InChI is InChI=1S/C14H14N4O/c1-18-13-5-6-16-8-12(13)17-14(18)9-19-11-4-2-3-10(15)7-11/h2-8H,9,15H2,1H3. The molecule has 0 aliphatic heterocycles. The van der Waals surface area contributed by atoms with Gasteiger partial charge in [-0.2, -0.15) is 0 Å². The fraction of sp³-hybridized carbons (Fsp3) is 0.143. The van der Waals surface area contributed by atoms with Crippen LogP contribution < -0.4 is 10.5 Å². The lowest BCUT2D eigenvalue weighted by Crippen LogP contribution is -2.03. The summed E-state index contributed by atoms with van der Waals surface area (Å²) < 4.78 is 7.70. The Bertz CT molecular complexity index is 720. The number of nitrogens with zero attached hydrogens (tertiary/aromatic N) is 3. The Hall–Kier alpha value is -2.56. The van der Waals surface area contributed by atoms with Gasteiger partial charge in [0.1, 0.15) is 23.7 Å². The molecule has 3 rings (SSSR count). The number of aromatic nitrogens is 3. The molecule has 0 saturated carbocycles. The fourth-order valence-electron chi connectivity index (χ4n) is 1.98. The van der Waals surface area contributed by atoms with Crippen molar-refractivity contribution in [1.82, 2.24) is 14.5 Å². The van der Waals surface area contributed by atoms with Gasteiger partial charge in [-0.1, -0.05) is 6.07 Å². The maximum absolute atomic E-state index is 5.71. The number of imidazole rings is 1. The van der Waals surface area contributed by atoms with Crippen LogP contribution in [0.4, 0.5) is 5.69 Å². The Balaban J connectivity index is 1.84. The van der Waals surface area contributed by atoms with Crippen molar-refractivity contribution in [2.45, 2.75) is 6.61 Å². The van der Waals surface area contributed by atoms with E-state index in [1.54, 1.807) is 18.5 Å². The number of nitrogen functional groups attached to an aromatic ring is 1. The third kappa shape index (κ3) is 2.22. The number of benzene rings is 1. The zero-order chi connectivity index (χ0) is 13.2. The number of hydrogen-bond donors (Lipinski definition) is 1. The maximum atomic E-state index is 5.71. The van der Waals surface area contributed by atoms with Crippen LogP contribution in [0.2, 0.25) is 0 Å². The number of ether oxygens (including phenoxy) is 1. The van der Waals surface area contributed by atoms with Crippen LogP contribution >= 0.6 is 0 Å². The summed E-state index contributed by atoms with van der Waals surface area (Å²) in [6, 6.07) is 9.30. The molecule has 0 fully saturated rings. The highest BCUT2D eigenvalue weighted by Gasteiger charge is 2.07. The molecule has 0 radical (unpaired) electrons. The first-order valence-corrected chi connectivity index (χ1v) is 5.98. The summed E-state index contributed by atoms with van der Waals surface area (Å²) in [5, 5.41) is 0. The normalized spacial score (nSPS) is 10.8. The predicted octanol–water partition coefficient (Wildman–Crippen LogP) is 2.13. The number of nitrogens with two attached hydrogens (primary N) is 1. The van der Waals surface area contributed by atoms with Crippen molar-refractivity contribution >= 4 is 16.7 Å². The fourth-order valence-corrected chi connectivity index (χ4v) is 1.98. The molecule has 5 nitrogen and oxygen atoms in total. The molecule has 0 atom stereocenters. The number of pyridine rings is 1. The van der Waals surface area contributed by atoms with Crippen LogP contribution in [0, 0.1) is 0 Å². The molecule has 0 spiro atoms. The number of aryl methyl sites for hydroxylation is 1.